The van der Waals surface area contributed by atoms with E-state index in [-0.39, 0.29) is 12.4 Å². The zero-order chi connectivity index (χ0) is 8.39. The van der Waals surface area contributed by atoms with Gasteiger partial charge in [-0.3, -0.25) is 5.32 Å². The van der Waals surface area contributed by atoms with Gasteiger partial charge in [0.1, 0.15) is 6.23 Å². The number of ether oxygens (including phenoxy) is 1. The van der Waals surface area contributed by atoms with Gasteiger partial charge in [0.2, 0.25) is 0 Å². The number of halogens is 1. The van der Waals surface area contributed by atoms with E-state index in [9.17, 15) is 0 Å². The molecular weight excluding hydrogens is 188 g/mol. The van der Waals surface area contributed by atoms with Crippen LogP contribution in [0.3, 0.4) is 0 Å². The van der Waals surface area contributed by atoms with Crippen LogP contribution >= 0.6 is 12.4 Å². The Labute approximate surface area is 86.0 Å². The molecule has 2 N–H and O–H groups in total. The van der Waals surface area contributed by atoms with Crippen molar-refractivity contribution >= 4 is 12.4 Å². The van der Waals surface area contributed by atoms with E-state index in [0.717, 1.165) is 13.2 Å². The normalized spacial score (nSPS) is 39.9. The Morgan fingerprint density at radius 3 is 2.77 bits per heavy atom. The molecule has 4 heteroatoms. The first-order valence-electron chi connectivity index (χ1n) is 4.94. The maximum absolute atomic E-state index is 5.65. The second-order valence-corrected chi connectivity index (χ2v) is 3.93. The van der Waals surface area contributed by atoms with E-state index < -0.39 is 0 Å². The van der Waals surface area contributed by atoms with Crippen molar-refractivity contribution in [3.8, 4) is 0 Å². The molecule has 0 radical (unpaired) electrons. The predicted molar refractivity (Wildman–Crippen MR) is 55.2 cm³/mol. The van der Waals surface area contributed by atoms with Crippen LogP contribution < -0.4 is 10.6 Å². The highest BCUT2D eigenvalue weighted by molar-refractivity contribution is 5.85. The van der Waals surface area contributed by atoms with E-state index in [1.807, 2.05) is 0 Å². The van der Waals surface area contributed by atoms with Gasteiger partial charge in [-0.05, 0) is 26.3 Å². The lowest BCUT2D eigenvalue weighted by Gasteiger charge is -2.27. The maximum atomic E-state index is 5.65. The van der Waals surface area contributed by atoms with Gasteiger partial charge >= 0.3 is 0 Å². The smallest absolute Gasteiger partial charge is 0.112 e. The molecule has 0 amide bonds. The van der Waals surface area contributed by atoms with Crippen LogP contribution in [-0.4, -0.2) is 32.0 Å². The van der Waals surface area contributed by atoms with E-state index in [1.165, 1.54) is 19.4 Å². The summed E-state index contributed by atoms with van der Waals surface area (Å²) < 4.78 is 5.65. The molecule has 3 atom stereocenters. The number of hydrogen-bond acceptors (Lipinski definition) is 3. The Morgan fingerprint density at radius 2 is 2.23 bits per heavy atom. The molecule has 2 aliphatic heterocycles. The van der Waals surface area contributed by atoms with Crippen LogP contribution in [0.1, 0.15) is 19.8 Å². The quantitative estimate of drug-likeness (QED) is 0.664. The van der Waals surface area contributed by atoms with E-state index in [2.05, 4.69) is 17.6 Å². The second kappa shape index (κ2) is 5.15. The molecule has 13 heavy (non-hydrogen) atoms. The van der Waals surface area contributed by atoms with Crippen LogP contribution in [0.15, 0.2) is 0 Å². The fourth-order valence-corrected chi connectivity index (χ4v) is 2.03. The highest BCUT2D eigenvalue weighted by Gasteiger charge is 2.29. The molecule has 0 aliphatic carbocycles. The largest absolute Gasteiger partial charge is 0.361 e. The van der Waals surface area contributed by atoms with Crippen molar-refractivity contribution in [2.45, 2.75) is 32.0 Å². The predicted octanol–water partition coefficient (Wildman–Crippen LogP) is 0.742. The van der Waals surface area contributed by atoms with Crippen molar-refractivity contribution < 1.29 is 4.74 Å². The van der Waals surface area contributed by atoms with Crippen LogP contribution in [0.5, 0.6) is 0 Å². The molecule has 0 aromatic heterocycles. The zero-order valence-corrected chi connectivity index (χ0v) is 8.90. The average Bonchev–Trinajstić information content (AvgIpc) is 2.54. The summed E-state index contributed by atoms with van der Waals surface area (Å²) in [5.41, 5.74) is 0. The Balaban J connectivity index is 0.000000845. The molecular formula is C9H19ClN2O. The summed E-state index contributed by atoms with van der Waals surface area (Å²) in [6, 6.07) is 0.539. The van der Waals surface area contributed by atoms with Crippen LogP contribution in [0, 0.1) is 5.92 Å². The summed E-state index contributed by atoms with van der Waals surface area (Å²) >= 11 is 0. The van der Waals surface area contributed by atoms with Gasteiger partial charge < -0.3 is 10.1 Å². The first-order valence-corrected chi connectivity index (χ1v) is 4.94. The van der Waals surface area contributed by atoms with Gasteiger partial charge in [-0.2, -0.15) is 0 Å². The van der Waals surface area contributed by atoms with Gasteiger partial charge in [0.05, 0.1) is 6.61 Å². The number of rotatable bonds is 1. The van der Waals surface area contributed by atoms with Gasteiger partial charge in [0.25, 0.3) is 0 Å². The molecule has 0 aromatic carbocycles. The van der Waals surface area contributed by atoms with E-state index >= 15 is 0 Å². The third-order valence-corrected chi connectivity index (χ3v) is 2.74. The van der Waals surface area contributed by atoms with Gasteiger partial charge in [-0.15, -0.1) is 12.4 Å². The molecule has 0 spiro atoms. The molecule has 3 unspecified atom stereocenters. The van der Waals surface area contributed by atoms with Crippen molar-refractivity contribution in [1.29, 1.82) is 0 Å². The molecule has 0 saturated carbocycles. The summed E-state index contributed by atoms with van der Waals surface area (Å²) in [5.74, 6) is 0.684. The lowest BCUT2D eigenvalue weighted by molar-refractivity contribution is 0.0419. The van der Waals surface area contributed by atoms with Gasteiger partial charge in [-0.1, -0.05) is 0 Å². The van der Waals surface area contributed by atoms with Crippen LogP contribution in [0.4, 0.5) is 0 Å². The van der Waals surface area contributed by atoms with Crippen LogP contribution in [0.25, 0.3) is 0 Å². The molecule has 78 valence electrons. The summed E-state index contributed by atoms with van der Waals surface area (Å²) in [6.45, 7) is 5.35. The monoisotopic (exact) mass is 206 g/mol. The highest BCUT2D eigenvalue weighted by atomic mass is 35.5. The molecule has 0 bridgehead atoms. The summed E-state index contributed by atoms with van der Waals surface area (Å²) in [4.78, 5) is 0. The minimum atomic E-state index is 0. The maximum Gasteiger partial charge on any atom is 0.112 e. The average molecular weight is 207 g/mol. The van der Waals surface area contributed by atoms with Crippen molar-refractivity contribution in [3.63, 3.8) is 0 Å². The highest BCUT2D eigenvalue weighted by Crippen LogP contribution is 2.18. The summed E-state index contributed by atoms with van der Waals surface area (Å²) in [6.07, 6.45) is 2.91. The molecule has 2 fully saturated rings. The first-order chi connectivity index (χ1) is 5.86. The minimum absolute atomic E-state index is 0. The molecule has 2 saturated heterocycles. The number of nitrogens with one attached hydrogen (secondary N) is 2. The molecule has 0 aromatic rings. The third kappa shape index (κ3) is 2.81. The lowest BCUT2D eigenvalue weighted by Crippen LogP contribution is -2.42. The topological polar surface area (TPSA) is 33.3 Å². The van der Waals surface area contributed by atoms with E-state index in [0.29, 0.717) is 18.2 Å². The van der Waals surface area contributed by atoms with Gasteiger partial charge in [0, 0.05) is 18.5 Å². The van der Waals surface area contributed by atoms with Gasteiger partial charge in [0.15, 0.2) is 0 Å². The molecule has 2 aliphatic rings. The van der Waals surface area contributed by atoms with Crippen LogP contribution in [0.2, 0.25) is 0 Å². The Kier molecular flexibility index (Phi) is 4.46. The van der Waals surface area contributed by atoms with Crippen molar-refractivity contribution in [2.75, 3.05) is 19.7 Å². The fourth-order valence-electron chi connectivity index (χ4n) is 2.03. The van der Waals surface area contributed by atoms with E-state index in [1.54, 1.807) is 0 Å². The lowest BCUT2D eigenvalue weighted by atomic mass is 9.98. The third-order valence-electron chi connectivity index (χ3n) is 2.74. The standard InChI is InChI=1S/C9H18N2O.ClH/c1-7-6-12-9(11-7)8-3-2-4-10-5-8;/h7-11H,2-6H2,1H3;1H. The summed E-state index contributed by atoms with van der Waals surface area (Å²) in [5, 5.41) is 6.87. The zero-order valence-electron chi connectivity index (χ0n) is 8.08. The Bertz CT molecular complexity index is 148. The number of hydrogen-bond donors (Lipinski definition) is 2. The van der Waals surface area contributed by atoms with Gasteiger partial charge in [-0.25, -0.2) is 0 Å². The molecule has 2 heterocycles. The molecule has 2 rings (SSSR count). The Hall–Kier alpha value is 0.170. The molecule has 3 nitrogen and oxygen atoms in total. The van der Waals surface area contributed by atoms with Crippen molar-refractivity contribution in [1.82, 2.24) is 10.6 Å². The fraction of sp³-hybridized carbons (Fsp3) is 1.00. The first kappa shape index (κ1) is 11.2. The Morgan fingerprint density at radius 1 is 1.38 bits per heavy atom. The van der Waals surface area contributed by atoms with Crippen LogP contribution in [-0.2, 0) is 4.74 Å². The second-order valence-electron chi connectivity index (χ2n) is 3.93. The minimum Gasteiger partial charge on any atom is -0.361 e. The van der Waals surface area contributed by atoms with E-state index in [4.69, 9.17) is 4.74 Å². The number of piperidine rings is 1. The SMILES string of the molecule is CC1COC(C2CCCNC2)N1.Cl. The van der Waals surface area contributed by atoms with Crippen molar-refractivity contribution in [2.24, 2.45) is 5.92 Å². The summed E-state index contributed by atoms with van der Waals surface area (Å²) in [7, 11) is 0. The van der Waals surface area contributed by atoms with Crippen molar-refractivity contribution in [3.05, 3.63) is 0 Å².